The maximum atomic E-state index is 14.1. The highest BCUT2D eigenvalue weighted by molar-refractivity contribution is 5.96. The summed E-state index contributed by atoms with van der Waals surface area (Å²) in [6.45, 7) is 1.13. The number of carbonyl (C=O) groups excluding carboxylic acids is 6. The third-order valence-electron chi connectivity index (χ3n) is 10.8. The molecule has 10 N–H and O–H groups in total. The number of nitrogens with one attached hydrogen (secondary N) is 5. The number of alkyl carbamates (subject to hydrolysis) is 1. The Hall–Kier alpha value is -7.60. The van der Waals surface area contributed by atoms with Crippen molar-refractivity contribution in [3.63, 3.8) is 0 Å². The Morgan fingerprint density at radius 1 is 0.554 bits per heavy atom. The van der Waals surface area contributed by atoms with Crippen LogP contribution in [0, 0.1) is 0 Å². The van der Waals surface area contributed by atoms with Crippen LogP contribution < -0.4 is 32.3 Å². The minimum absolute atomic E-state index is 0.0564. The molecule has 5 rings (SSSR count). The van der Waals surface area contributed by atoms with E-state index in [1.807, 2.05) is 48.5 Å². The summed E-state index contributed by atoms with van der Waals surface area (Å²) < 4.78 is 5.72. The van der Waals surface area contributed by atoms with Gasteiger partial charge in [0.15, 0.2) is 0 Å². The maximum Gasteiger partial charge on any atom is 0.407 e. The van der Waals surface area contributed by atoms with Crippen molar-refractivity contribution < 1.29 is 58.4 Å². The van der Waals surface area contributed by atoms with Gasteiger partial charge in [0.2, 0.25) is 29.5 Å². The van der Waals surface area contributed by atoms with Gasteiger partial charge in [-0.25, -0.2) is 4.79 Å². The number of primary amides is 1. The topological polar surface area (TPSA) is 293 Å². The van der Waals surface area contributed by atoms with Crippen molar-refractivity contribution in [1.82, 2.24) is 26.6 Å². The first-order valence-electron chi connectivity index (χ1n) is 20.9. The third-order valence-corrected chi connectivity index (χ3v) is 10.8. The molecule has 6 atom stereocenters. The van der Waals surface area contributed by atoms with Crippen LogP contribution in [0.1, 0.15) is 60.8 Å². The monoisotopic (exact) mass is 892 g/mol. The van der Waals surface area contributed by atoms with E-state index in [-0.39, 0.29) is 25.4 Å². The van der Waals surface area contributed by atoms with Gasteiger partial charge in [0.25, 0.3) is 0 Å². The van der Waals surface area contributed by atoms with Gasteiger partial charge in [-0.05, 0) is 53.1 Å². The molecule has 65 heavy (non-hydrogen) atoms. The van der Waals surface area contributed by atoms with Crippen molar-refractivity contribution >= 4 is 47.6 Å². The Bertz CT molecular complexity index is 2300. The predicted molar refractivity (Wildman–Crippen MR) is 235 cm³/mol. The maximum absolute atomic E-state index is 14.1. The van der Waals surface area contributed by atoms with Gasteiger partial charge in [-0.2, -0.15) is 0 Å². The molecule has 4 aromatic rings. The number of hydrogen-bond donors (Lipinski definition) is 9. The van der Waals surface area contributed by atoms with E-state index in [1.165, 1.54) is 6.92 Å². The molecule has 0 saturated carbocycles. The van der Waals surface area contributed by atoms with Gasteiger partial charge in [-0.15, -0.1) is 0 Å². The first-order valence-corrected chi connectivity index (χ1v) is 20.9. The number of amides is 6. The number of aliphatic hydroxyl groups is 1. The highest BCUT2D eigenvalue weighted by atomic mass is 16.5. The summed E-state index contributed by atoms with van der Waals surface area (Å²) in [5, 5.41) is 41.3. The lowest BCUT2D eigenvalue weighted by atomic mass is 9.98. The fourth-order valence-corrected chi connectivity index (χ4v) is 7.47. The van der Waals surface area contributed by atoms with Crippen molar-refractivity contribution in [2.45, 2.75) is 87.7 Å². The molecular weight excluding hydrogens is 841 g/mol. The second-order valence-corrected chi connectivity index (χ2v) is 15.6. The van der Waals surface area contributed by atoms with Crippen molar-refractivity contribution in [2.24, 2.45) is 5.73 Å². The van der Waals surface area contributed by atoms with Gasteiger partial charge in [0, 0.05) is 31.6 Å². The molecule has 0 aromatic heterocycles. The lowest BCUT2D eigenvalue weighted by molar-refractivity contribution is -0.139. The van der Waals surface area contributed by atoms with Gasteiger partial charge in [-0.3, -0.25) is 33.6 Å². The minimum Gasteiger partial charge on any atom is -0.481 e. The number of carboxylic acid groups (broad SMARTS) is 2. The molecule has 0 radical (unpaired) electrons. The largest absolute Gasteiger partial charge is 0.481 e. The van der Waals surface area contributed by atoms with Crippen LogP contribution >= 0.6 is 0 Å². The SMILES string of the molecule is CC(O)C(NC(=O)C(CCC(=O)O)NC(=O)C(Cc1ccccc1)NC(=O)C(CCC(=O)O)NC(=O)C(Cc1ccccc1)NC(=O)OCC1c2ccccc2-c2ccccc21)C(N)=O. The second kappa shape index (κ2) is 23.2. The zero-order valence-electron chi connectivity index (χ0n) is 35.5. The van der Waals surface area contributed by atoms with E-state index in [1.54, 1.807) is 60.7 Å². The van der Waals surface area contributed by atoms with Gasteiger partial charge in [-0.1, -0.05) is 109 Å². The lowest BCUT2D eigenvalue weighted by Gasteiger charge is -2.27. The summed E-state index contributed by atoms with van der Waals surface area (Å²) in [6, 6.07) is 24.9. The van der Waals surface area contributed by atoms with Crippen molar-refractivity contribution in [3.8, 4) is 11.1 Å². The zero-order chi connectivity index (χ0) is 47.0. The Morgan fingerprint density at radius 3 is 1.37 bits per heavy atom. The van der Waals surface area contributed by atoms with Crippen LogP contribution in [0.25, 0.3) is 11.1 Å². The number of benzene rings is 4. The van der Waals surface area contributed by atoms with Crippen molar-refractivity contribution in [2.75, 3.05) is 6.61 Å². The second-order valence-electron chi connectivity index (χ2n) is 15.6. The number of rotatable bonds is 23. The number of ether oxygens (including phenoxy) is 1. The van der Waals surface area contributed by atoms with Crippen LogP contribution in [0.15, 0.2) is 109 Å². The van der Waals surface area contributed by atoms with E-state index >= 15 is 0 Å². The van der Waals surface area contributed by atoms with Crippen molar-refractivity contribution in [1.29, 1.82) is 0 Å². The average Bonchev–Trinajstić information content (AvgIpc) is 3.60. The molecule has 18 nitrogen and oxygen atoms in total. The first kappa shape index (κ1) is 48.4. The summed E-state index contributed by atoms with van der Waals surface area (Å²) in [7, 11) is 0. The van der Waals surface area contributed by atoms with Crippen molar-refractivity contribution in [3.05, 3.63) is 131 Å². The Morgan fingerprint density at radius 2 is 0.938 bits per heavy atom. The normalized spacial score (nSPS) is 14.4. The van der Waals surface area contributed by atoms with Gasteiger partial charge >= 0.3 is 18.0 Å². The van der Waals surface area contributed by atoms with Crippen LogP contribution in [0.5, 0.6) is 0 Å². The molecule has 6 unspecified atom stereocenters. The Balaban J connectivity index is 1.36. The fourth-order valence-electron chi connectivity index (χ4n) is 7.47. The van der Waals surface area contributed by atoms with E-state index < -0.39 is 110 Å². The smallest absolute Gasteiger partial charge is 0.407 e. The molecule has 0 fully saturated rings. The third kappa shape index (κ3) is 13.9. The first-order chi connectivity index (χ1) is 31.1. The average molecular weight is 893 g/mol. The van der Waals surface area contributed by atoms with Crippen LogP contribution in [0.3, 0.4) is 0 Å². The molecule has 1 aliphatic rings. The predicted octanol–water partition coefficient (Wildman–Crippen LogP) is 1.91. The molecular formula is C47H52N6O12. The molecule has 0 spiro atoms. The Labute approximate surface area is 374 Å². The number of carbonyl (C=O) groups is 8. The number of carboxylic acids is 2. The molecule has 1 aliphatic carbocycles. The van der Waals surface area contributed by atoms with E-state index in [0.717, 1.165) is 22.3 Å². The number of hydrogen-bond acceptors (Lipinski definition) is 10. The molecule has 0 bridgehead atoms. The summed E-state index contributed by atoms with van der Waals surface area (Å²) in [6.07, 6.45) is -4.76. The quantitative estimate of drug-likeness (QED) is 0.0516. The fraction of sp³-hybridized carbons (Fsp3) is 0.319. The minimum atomic E-state index is -1.60. The van der Waals surface area contributed by atoms with E-state index in [2.05, 4.69) is 26.6 Å². The van der Waals surface area contributed by atoms with E-state index in [4.69, 9.17) is 10.5 Å². The molecule has 0 aliphatic heterocycles. The highest BCUT2D eigenvalue weighted by Crippen LogP contribution is 2.44. The summed E-state index contributed by atoms with van der Waals surface area (Å²) >= 11 is 0. The molecule has 342 valence electrons. The molecule has 4 aromatic carbocycles. The van der Waals surface area contributed by atoms with Crippen LogP contribution in [-0.4, -0.2) is 106 Å². The highest BCUT2D eigenvalue weighted by Gasteiger charge is 2.35. The van der Waals surface area contributed by atoms with Crippen LogP contribution in [0.2, 0.25) is 0 Å². The van der Waals surface area contributed by atoms with Gasteiger partial charge in [0.1, 0.15) is 36.8 Å². The molecule has 0 heterocycles. The van der Waals surface area contributed by atoms with Gasteiger partial charge < -0.3 is 52.4 Å². The number of nitrogens with two attached hydrogens (primary N) is 1. The zero-order valence-corrected chi connectivity index (χ0v) is 35.5. The van der Waals surface area contributed by atoms with Crippen LogP contribution in [-0.2, 0) is 51.1 Å². The number of aliphatic hydroxyl groups excluding tert-OH is 1. The van der Waals surface area contributed by atoms with Crippen LogP contribution in [0.4, 0.5) is 4.79 Å². The van der Waals surface area contributed by atoms with E-state index in [9.17, 15) is 53.7 Å². The summed E-state index contributed by atoms with van der Waals surface area (Å²) in [5.74, 6) is -7.89. The lowest BCUT2D eigenvalue weighted by Crippen LogP contribution is -2.60. The van der Waals surface area contributed by atoms with Gasteiger partial charge in [0.05, 0.1) is 6.10 Å². The summed E-state index contributed by atoms with van der Waals surface area (Å²) in [5.41, 5.74) is 10.5. The molecule has 0 saturated heterocycles. The Kier molecular flexibility index (Phi) is 17.3. The summed E-state index contributed by atoms with van der Waals surface area (Å²) in [4.78, 5) is 104. The number of fused-ring (bicyclic) bond motifs is 3. The number of aliphatic carboxylic acids is 2. The van der Waals surface area contributed by atoms with E-state index in [0.29, 0.717) is 11.1 Å². The molecule has 6 amide bonds. The molecule has 18 heteroatoms. The standard InChI is InChI=1S/C47H52N6O12/c1-27(54)41(42(48)59)53-44(61)36(21-23-40(57)58)50-45(62)37(24-28-12-4-2-5-13-28)51-43(60)35(20-22-39(55)56)49-46(63)38(25-29-14-6-3-7-15-29)52-47(64)65-26-34-32-18-10-8-16-30(32)31-17-9-11-19-33(31)34/h2-19,27,34-38,41,54H,20-26H2,1H3,(H2,48,59)(H,49,63)(H,50,62)(H,51,60)(H,52,64)(H,53,61)(H,55,56)(H,57,58).